The number of rotatable bonds is 10. The van der Waals surface area contributed by atoms with Crippen LogP contribution < -0.4 is 5.73 Å². The van der Waals surface area contributed by atoms with Gasteiger partial charge in [-0.05, 0) is 24.8 Å². The molecule has 0 heterocycles. The van der Waals surface area contributed by atoms with E-state index in [0.29, 0.717) is 10.9 Å². The number of amides is 1. The summed E-state index contributed by atoms with van der Waals surface area (Å²) in [5.41, 5.74) is 6.06. The fourth-order valence-corrected chi connectivity index (χ4v) is 2.77. The third-order valence-corrected chi connectivity index (χ3v) is 3.94. The second-order valence-electron chi connectivity index (χ2n) is 5.60. The maximum atomic E-state index is 11.9. The Kier molecular flexibility index (Phi) is 12.1. The van der Waals surface area contributed by atoms with Gasteiger partial charge in [0.15, 0.2) is 0 Å². The zero-order valence-corrected chi connectivity index (χ0v) is 18.7. The molecule has 3 N–H and O–H groups in total. The molecule has 0 aliphatic rings. The lowest BCUT2D eigenvalue weighted by Crippen LogP contribution is -2.33. The highest BCUT2D eigenvalue weighted by Crippen LogP contribution is 2.33. The Labute approximate surface area is 187 Å². The van der Waals surface area contributed by atoms with E-state index in [1.807, 2.05) is 6.92 Å². The van der Waals surface area contributed by atoms with Gasteiger partial charge in [0.1, 0.15) is 11.3 Å². The fraction of sp³-hybridized carbons (Fsp3) is 0.143. The molecule has 0 unspecified atom stereocenters. The van der Waals surface area contributed by atoms with Gasteiger partial charge in [0.2, 0.25) is 3.79 Å². The molecule has 0 aliphatic heterocycles. The Hall–Kier alpha value is -2.21. The number of nitrogens with two attached hydrogens (primary N) is 1. The monoisotopic (exact) mass is 452 g/mol. The first-order valence-corrected chi connectivity index (χ1v) is 9.60. The molecule has 8 heteroatoms. The number of alkyl halides is 3. The van der Waals surface area contributed by atoms with Crippen molar-refractivity contribution >= 4 is 53.3 Å². The van der Waals surface area contributed by atoms with E-state index in [-0.39, 0.29) is 11.3 Å². The maximum absolute atomic E-state index is 11.9. The first kappa shape index (κ1) is 26.8. The number of hydrogen-bond donors (Lipinski definition) is 2. The second-order valence-corrected chi connectivity index (χ2v) is 7.88. The Morgan fingerprint density at radius 2 is 1.59 bits per heavy atom. The van der Waals surface area contributed by atoms with Crippen molar-refractivity contribution in [1.29, 1.82) is 0 Å². The zero-order valence-electron chi connectivity index (χ0n) is 16.4. The van der Waals surface area contributed by atoms with Crippen LogP contribution in [0.5, 0.6) is 0 Å². The largest absolute Gasteiger partial charge is 0.512 e. The molecule has 0 aromatic heterocycles. The first-order valence-electron chi connectivity index (χ1n) is 8.47. The second kappa shape index (κ2) is 13.1. The van der Waals surface area contributed by atoms with Crippen LogP contribution in [-0.2, 0) is 4.79 Å². The molecule has 0 aromatic rings. The minimum Gasteiger partial charge on any atom is -0.512 e. The van der Waals surface area contributed by atoms with Gasteiger partial charge in [-0.2, -0.15) is 0 Å². The molecule has 0 fully saturated rings. The van der Waals surface area contributed by atoms with Gasteiger partial charge in [-0.25, -0.2) is 0 Å². The lowest BCUT2D eigenvalue weighted by Gasteiger charge is -2.21. The molecule has 4 nitrogen and oxygen atoms in total. The lowest BCUT2D eigenvalue weighted by atomic mass is 9.49. The van der Waals surface area contributed by atoms with E-state index in [0.717, 1.165) is 0 Å². The minimum atomic E-state index is -2.14. The van der Waals surface area contributed by atoms with Crippen molar-refractivity contribution in [2.45, 2.75) is 17.6 Å². The summed E-state index contributed by atoms with van der Waals surface area (Å²) in [6.07, 6.45) is 15.2. The van der Waals surface area contributed by atoms with Gasteiger partial charge in [0, 0.05) is 0 Å². The first-order chi connectivity index (χ1) is 13.5. The topological polar surface area (TPSA) is 75.7 Å². The number of nitrogens with zero attached hydrogens (tertiary/aromatic N) is 1. The number of aliphatic hydroxyl groups excluding tert-OH is 1. The van der Waals surface area contributed by atoms with Gasteiger partial charge < -0.3 is 15.7 Å². The van der Waals surface area contributed by atoms with E-state index < -0.39 is 22.3 Å². The van der Waals surface area contributed by atoms with E-state index >= 15 is 0 Å². The summed E-state index contributed by atoms with van der Waals surface area (Å²) in [5.74, 6) is -1.40. The predicted octanol–water partition coefficient (Wildman–Crippen LogP) is 5.73. The van der Waals surface area contributed by atoms with E-state index in [9.17, 15) is 9.90 Å². The van der Waals surface area contributed by atoms with Crippen LogP contribution >= 0.6 is 34.8 Å². The number of primary amides is 1. The summed E-state index contributed by atoms with van der Waals surface area (Å²) in [4.78, 5) is 16.5. The zero-order chi connectivity index (χ0) is 22.6. The van der Waals surface area contributed by atoms with Gasteiger partial charge in [-0.15, -0.1) is 0 Å². The standard InChI is InChI=1S/C21H24BCl3N2O2/c1-6-10-14-17(13-9-4)22(16(11-7-2)12-8-3)27-19(21(23,24)25)18(15(5)28)20(26)29/h6-14,28H,1-2,4H2,3,5H3,(H2,26,29)/b12-8-,14-10-,16-11+,17-13+,18-15?,27-19?. The normalized spacial score (nSPS) is 14.7. The molecule has 0 spiro atoms. The Bertz CT molecular complexity index is 825. The van der Waals surface area contributed by atoms with E-state index in [1.165, 1.54) is 6.92 Å². The van der Waals surface area contributed by atoms with Crippen molar-refractivity contribution in [2.24, 2.45) is 10.6 Å². The molecule has 0 bridgehead atoms. The average molecular weight is 454 g/mol. The highest BCUT2D eigenvalue weighted by atomic mass is 35.6. The Balaban J connectivity index is 7.23. The third kappa shape index (κ3) is 8.78. The third-order valence-electron chi connectivity index (χ3n) is 3.41. The van der Waals surface area contributed by atoms with Crippen LogP contribution in [0, 0.1) is 0 Å². The summed E-state index contributed by atoms with van der Waals surface area (Å²) in [7, 11) is 0. The van der Waals surface area contributed by atoms with Crippen molar-refractivity contribution in [1.82, 2.24) is 0 Å². The van der Waals surface area contributed by atoms with Crippen LogP contribution in [0.2, 0.25) is 0 Å². The van der Waals surface area contributed by atoms with Crippen molar-refractivity contribution < 1.29 is 9.90 Å². The van der Waals surface area contributed by atoms with Gasteiger partial charge >= 0.3 is 6.85 Å². The van der Waals surface area contributed by atoms with Gasteiger partial charge in [0.05, 0.1) is 5.71 Å². The van der Waals surface area contributed by atoms with Crippen LogP contribution in [0.25, 0.3) is 0 Å². The molecule has 0 saturated heterocycles. The highest BCUT2D eigenvalue weighted by Gasteiger charge is 2.36. The van der Waals surface area contributed by atoms with Crippen molar-refractivity contribution in [3.05, 3.63) is 96.7 Å². The summed E-state index contributed by atoms with van der Waals surface area (Å²) >= 11 is 18.3. The predicted molar refractivity (Wildman–Crippen MR) is 129 cm³/mol. The van der Waals surface area contributed by atoms with Gasteiger partial charge in [0.25, 0.3) is 5.91 Å². The van der Waals surface area contributed by atoms with E-state index in [4.69, 9.17) is 40.5 Å². The summed E-state index contributed by atoms with van der Waals surface area (Å²) in [6, 6.07) is 0. The Morgan fingerprint density at radius 3 is 1.93 bits per heavy atom. The van der Waals surface area contributed by atoms with Crippen molar-refractivity contribution in [2.75, 3.05) is 0 Å². The molecular weight excluding hydrogens is 429 g/mol. The smallest absolute Gasteiger partial charge is 0.344 e. The van der Waals surface area contributed by atoms with E-state index in [1.54, 1.807) is 54.7 Å². The molecular formula is C21H24BCl3N2O2. The fourth-order valence-electron chi connectivity index (χ4n) is 2.34. The number of hydrogen-bond acceptors (Lipinski definition) is 3. The molecule has 0 radical (unpaired) electrons. The number of aliphatic hydroxyl groups is 1. The summed E-state index contributed by atoms with van der Waals surface area (Å²) in [5, 5.41) is 9.98. The molecule has 0 rings (SSSR count). The molecule has 0 aromatic carbocycles. The van der Waals surface area contributed by atoms with Gasteiger partial charge in [-0.1, -0.05) is 109 Å². The highest BCUT2D eigenvalue weighted by molar-refractivity contribution is 6.82. The summed E-state index contributed by atoms with van der Waals surface area (Å²) in [6.45, 7) is 13.4. The van der Waals surface area contributed by atoms with Gasteiger partial charge in [-0.3, -0.25) is 4.79 Å². The van der Waals surface area contributed by atoms with Crippen LogP contribution in [-0.4, -0.2) is 27.4 Å². The quantitative estimate of drug-likeness (QED) is 0.111. The summed E-state index contributed by atoms with van der Waals surface area (Å²) < 4.78 is -2.14. The minimum absolute atomic E-state index is 0.290. The van der Waals surface area contributed by atoms with Crippen molar-refractivity contribution in [3.63, 3.8) is 0 Å². The maximum Gasteiger partial charge on any atom is 0.344 e. The molecule has 1 amide bonds. The molecule has 0 atom stereocenters. The number of halogens is 3. The lowest BCUT2D eigenvalue weighted by molar-refractivity contribution is -0.114. The number of carbonyl (C=O) groups excluding carboxylic acids is 1. The van der Waals surface area contributed by atoms with Crippen molar-refractivity contribution in [3.8, 4) is 0 Å². The molecule has 0 saturated carbocycles. The average Bonchev–Trinajstić information content (AvgIpc) is 2.60. The SMILES string of the molecule is C=C/C=C\C(=C/C=C)B(N=C(C(C(N)=O)=C(C)O)C(Cl)(Cl)Cl)C(/C=C\C)=C/C=C. The van der Waals surface area contributed by atoms with E-state index in [2.05, 4.69) is 24.6 Å². The Morgan fingerprint density at radius 1 is 1.07 bits per heavy atom. The number of allylic oxidation sites excluding steroid dienone is 12. The van der Waals surface area contributed by atoms with Crippen LogP contribution in [0.4, 0.5) is 0 Å². The molecule has 0 aliphatic carbocycles. The number of carbonyl (C=O) groups is 1. The van der Waals surface area contributed by atoms with Crippen LogP contribution in [0.3, 0.4) is 0 Å². The van der Waals surface area contributed by atoms with Crippen LogP contribution in [0.15, 0.2) is 102 Å². The molecule has 29 heavy (non-hydrogen) atoms. The van der Waals surface area contributed by atoms with Crippen LogP contribution in [0.1, 0.15) is 13.8 Å². The molecule has 154 valence electrons.